The summed E-state index contributed by atoms with van der Waals surface area (Å²) in [6.45, 7) is 3.34. The molecule has 0 rings (SSSR count). The number of hydrogen-bond donors (Lipinski definition) is 1. The highest BCUT2D eigenvalue weighted by Crippen LogP contribution is 1.98. The van der Waals surface area contributed by atoms with Gasteiger partial charge in [-0.05, 0) is 25.7 Å². The molecular formula is C10H20BrNO2. The van der Waals surface area contributed by atoms with Crippen molar-refractivity contribution in [2.45, 2.75) is 39.0 Å². The normalized spacial score (nSPS) is 9.86. The number of carbonyl (C=O) groups excluding carboxylic acids is 1. The van der Waals surface area contributed by atoms with Crippen LogP contribution in [-0.4, -0.2) is 24.6 Å². The number of rotatable bonds is 8. The Bertz CT molecular complexity index is 142. The maximum atomic E-state index is 11.0. The lowest BCUT2D eigenvalue weighted by molar-refractivity contribution is 0.144. The smallest absolute Gasteiger partial charge is 0.407 e. The molecule has 84 valence electrons. The monoisotopic (exact) mass is 265 g/mol. The van der Waals surface area contributed by atoms with Gasteiger partial charge >= 0.3 is 6.09 Å². The summed E-state index contributed by atoms with van der Waals surface area (Å²) < 4.78 is 4.97. The van der Waals surface area contributed by atoms with Crippen LogP contribution in [0, 0.1) is 0 Å². The number of alkyl carbamates (subject to hydrolysis) is 1. The standard InChI is InChI=1S/C10H20BrNO2/c1-2-3-8-12-10(13)14-9-6-4-5-7-11/h2-9H2,1H3,(H,12,13). The number of hydrogen-bond acceptors (Lipinski definition) is 2. The van der Waals surface area contributed by atoms with E-state index in [1.807, 2.05) is 0 Å². The first-order valence-corrected chi connectivity index (χ1v) is 6.40. The lowest BCUT2D eigenvalue weighted by atomic mass is 10.3. The molecule has 0 aromatic rings. The molecule has 1 amide bonds. The average Bonchev–Trinajstić information content (AvgIpc) is 2.18. The maximum Gasteiger partial charge on any atom is 0.407 e. The van der Waals surface area contributed by atoms with E-state index in [0.29, 0.717) is 6.61 Å². The molecule has 0 radical (unpaired) electrons. The summed E-state index contributed by atoms with van der Waals surface area (Å²) in [5.74, 6) is 0. The van der Waals surface area contributed by atoms with Gasteiger partial charge in [-0.3, -0.25) is 0 Å². The van der Waals surface area contributed by atoms with Crippen LogP contribution < -0.4 is 5.32 Å². The molecule has 0 aliphatic carbocycles. The second kappa shape index (κ2) is 10.8. The van der Waals surface area contributed by atoms with Crippen LogP contribution in [0.15, 0.2) is 0 Å². The molecule has 0 heterocycles. The quantitative estimate of drug-likeness (QED) is 0.541. The Morgan fingerprint density at radius 1 is 1.29 bits per heavy atom. The fourth-order valence-electron chi connectivity index (χ4n) is 0.956. The van der Waals surface area contributed by atoms with Crippen LogP contribution in [-0.2, 0) is 4.74 Å². The molecule has 14 heavy (non-hydrogen) atoms. The lowest BCUT2D eigenvalue weighted by Gasteiger charge is -2.05. The predicted molar refractivity (Wildman–Crippen MR) is 61.9 cm³/mol. The molecule has 0 saturated carbocycles. The highest BCUT2D eigenvalue weighted by atomic mass is 79.9. The molecule has 0 aromatic carbocycles. The van der Waals surface area contributed by atoms with Crippen LogP contribution >= 0.6 is 15.9 Å². The molecule has 4 heteroatoms. The van der Waals surface area contributed by atoms with Crippen molar-refractivity contribution >= 4 is 22.0 Å². The number of ether oxygens (including phenoxy) is 1. The number of nitrogens with one attached hydrogen (secondary N) is 1. The van der Waals surface area contributed by atoms with E-state index < -0.39 is 0 Å². The minimum absolute atomic E-state index is 0.280. The summed E-state index contributed by atoms with van der Waals surface area (Å²) in [5, 5.41) is 3.73. The Morgan fingerprint density at radius 3 is 2.71 bits per heavy atom. The summed E-state index contributed by atoms with van der Waals surface area (Å²) in [4.78, 5) is 11.0. The Labute approximate surface area is 94.7 Å². The van der Waals surface area contributed by atoms with E-state index in [9.17, 15) is 4.79 Å². The van der Waals surface area contributed by atoms with Crippen LogP contribution in [0.4, 0.5) is 4.79 Å². The summed E-state index contributed by atoms with van der Waals surface area (Å²) in [5.41, 5.74) is 0. The van der Waals surface area contributed by atoms with Crippen molar-refractivity contribution in [2.75, 3.05) is 18.5 Å². The third-order valence-electron chi connectivity index (χ3n) is 1.81. The number of carbonyl (C=O) groups is 1. The van der Waals surface area contributed by atoms with Crippen molar-refractivity contribution in [1.29, 1.82) is 0 Å². The van der Waals surface area contributed by atoms with Crippen molar-refractivity contribution in [1.82, 2.24) is 5.32 Å². The number of halogens is 1. The van der Waals surface area contributed by atoms with Gasteiger partial charge in [0.25, 0.3) is 0 Å². The summed E-state index contributed by atoms with van der Waals surface area (Å²) in [6, 6.07) is 0. The highest BCUT2D eigenvalue weighted by Gasteiger charge is 1.99. The highest BCUT2D eigenvalue weighted by molar-refractivity contribution is 9.09. The average molecular weight is 266 g/mol. The fraction of sp³-hybridized carbons (Fsp3) is 0.900. The zero-order valence-electron chi connectivity index (χ0n) is 8.85. The van der Waals surface area contributed by atoms with Gasteiger partial charge in [-0.15, -0.1) is 0 Å². The zero-order chi connectivity index (χ0) is 10.6. The first-order valence-electron chi connectivity index (χ1n) is 5.27. The first-order chi connectivity index (χ1) is 6.81. The van der Waals surface area contributed by atoms with Gasteiger partial charge in [-0.25, -0.2) is 4.79 Å². The van der Waals surface area contributed by atoms with Gasteiger partial charge in [0.05, 0.1) is 6.61 Å². The van der Waals surface area contributed by atoms with Crippen LogP contribution in [0.25, 0.3) is 0 Å². The first kappa shape index (κ1) is 13.8. The molecule has 0 bridgehead atoms. The second-order valence-corrected chi connectivity index (χ2v) is 3.96. The van der Waals surface area contributed by atoms with Crippen LogP contribution in [0.3, 0.4) is 0 Å². The molecule has 0 spiro atoms. The fourth-order valence-corrected chi connectivity index (χ4v) is 1.35. The minimum atomic E-state index is -0.280. The van der Waals surface area contributed by atoms with Gasteiger partial charge in [0.2, 0.25) is 0 Å². The molecule has 0 aromatic heterocycles. The number of alkyl halides is 1. The van der Waals surface area contributed by atoms with E-state index in [1.54, 1.807) is 0 Å². The van der Waals surface area contributed by atoms with E-state index in [-0.39, 0.29) is 6.09 Å². The van der Waals surface area contributed by atoms with Gasteiger partial charge in [-0.1, -0.05) is 29.3 Å². The van der Waals surface area contributed by atoms with Gasteiger partial charge in [-0.2, -0.15) is 0 Å². The van der Waals surface area contributed by atoms with E-state index in [4.69, 9.17) is 4.74 Å². The van der Waals surface area contributed by atoms with E-state index >= 15 is 0 Å². The Hall–Kier alpha value is -0.250. The Balaban J connectivity index is 3.10. The topological polar surface area (TPSA) is 38.3 Å². The molecule has 0 atom stereocenters. The van der Waals surface area contributed by atoms with Crippen molar-refractivity contribution < 1.29 is 9.53 Å². The molecule has 0 aliphatic heterocycles. The summed E-state index contributed by atoms with van der Waals surface area (Å²) >= 11 is 3.35. The van der Waals surface area contributed by atoms with Crippen LogP contribution in [0.5, 0.6) is 0 Å². The predicted octanol–water partition coefficient (Wildman–Crippen LogP) is 3.08. The van der Waals surface area contributed by atoms with Crippen LogP contribution in [0.1, 0.15) is 39.0 Å². The van der Waals surface area contributed by atoms with Crippen molar-refractivity contribution in [2.24, 2.45) is 0 Å². The van der Waals surface area contributed by atoms with E-state index in [0.717, 1.165) is 44.0 Å². The Kier molecular flexibility index (Phi) is 10.6. The lowest BCUT2D eigenvalue weighted by Crippen LogP contribution is -2.25. The van der Waals surface area contributed by atoms with E-state index in [2.05, 4.69) is 28.2 Å². The van der Waals surface area contributed by atoms with Crippen molar-refractivity contribution in [3.05, 3.63) is 0 Å². The molecule has 0 fully saturated rings. The van der Waals surface area contributed by atoms with Crippen molar-refractivity contribution in [3.63, 3.8) is 0 Å². The number of amides is 1. The minimum Gasteiger partial charge on any atom is -0.450 e. The van der Waals surface area contributed by atoms with Crippen LogP contribution in [0.2, 0.25) is 0 Å². The van der Waals surface area contributed by atoms with Gasteiger partial charge < -0.3 is 10.1 Å². The number of unbranched alkanes of at least 4 members (excludes halogenated alkanes) is 3. The third-order valence-corrected chi connectivity index (χ3v) is 2.37. The van der Waals surface area contributed by atoms with Gasteiger partial charge in [0.15, 0.2) is 0 Å². The molecule has 1 N–H and O–H groups in total. The molecule has 0 aliphatic rings. The Morgan fingerprint density at radius 2 is 2.07 bits per heavy atom. The zero-order valence-corrected chi connectivity index (χ0v) is 10.4. The van der Waals surface area contributed by atoms with Crippen molar-refractivity contribution in [3.8, 4) is 0 Å². The van der Waals surface area contributed by atoms with Gasteiger partial charge in [0.1, 0.15) is 0 Å². The summed E-state index contributed by atoms with van der Waals surface area (Å²) in [7, 11) is 0. The second-order valence-electron chi connectivity index (χ2n) is 3.17. The SMILES string of the molecule is CCCCNC(=O)OCCCCCBr. The summed E-state index contributed by atoms with van der Waals surface area (Å²) in [6.07, 6.45) is 5.02. The molecule has 0 unspecified atom stereocenters. The molecule has 0 saturated heterocycles. The van der Waals surface area contributed by atoms with Gasteiger partial charge in [0, 0.05) is 11.9 Å². The third kappa shape index (κ3) is 9.84. The molecular weight excluding hydrogens is 246 g/mol. The largest absolute Gasteiger partial charge is 0.450 e. The maximum absolute atomic E-state index is 11.0. The molecule has 3 nitrogen and oxygen atoms in total. The van der Waals surface area contributed by atoms with E-state index in [1.165, 1.54) is 0 Å².